The number of nitrogens with two attached hydrogens (primary N) is 1. The van der Waals surface area contributed by atoms with Crippen LogP contribution in [-0.4, -0.2) is 91.1 Å². The number of halogens is 9. The van der Waals surface area contributed by atoms with Crippen LogP contribution >= 0.6 is 0 Å². The van der Waals surface area contributed by atoms with E-state index in [1.165, 1.54) is 0 Å². The average Bonchev–Trinajstić information content (AvgIpc) is 3.73. The molecule has 5 rings (SSSR count). The van der Waals surface area contributed by atoms with Gasteiger partial charge in [0.15, 0.2) is 5.58 Å². The first-order valence-electron chi connectivity index (χ1n) is 15.1. The molecule has 4 aromatic rings. The molecule has 23 heteroatoms. The molecule has 1 aromatic carbocycles. The number of carboxylic acids is 3. The van der Waals surface area contributed by atoms with E-state index in [1.54, 1.807) is 6.20 Å². The lowest BCUT2D eigenvalue weighted by Crippen LogP contribution is -2.29. The second kappa shape index (κ2) is 18.8. The van der Waals surface area contributed by atoms with E-state index in [4.69, 9.17) is 44.8 Å². The van der Waals surface area contributed by atoms with Crippen LogP contribution in [0.5, 0.6) is 0 Å². The molecule has 0 amide bonds. The zero-order valence-corrected chi connectivity index (χ0v) is 27.3. The minimum absolute atomic E-state index is 0.396. The number of piperidine rings is 1. The fourth-order valence-corrected chi connectivity index (χ4v) is 4.12. The lowest BCUT2D eigenvalue weighted by molar-refractivity contribution is -0.193. The van der Waals surface area contributed by atoms with Crippen LogP contribution in [0.3, 0.4) is 0 Å². The van der Waals surface area contributed by atoms with Gasteiger partial charge in [0.25, 0.3) is 0 Å². The number of alkyl halides is 9. The van der Waals surface area contributed by atoms with Gasteiger partial charge >= 0.3 is 36.4 Å². The second-order valence-electron chi connectivity index (χ2n) is 10.7. The number of nitrogens with one attached hydrogen (secondary N) is 2. The van der Waals surface area contributed by atoms with Gasteiger partial charge < -0.3 is 36.1 Å². The summed E-state index contributed by atoms with van der Waals surface area (Å²) >= 11 is 0. The standard InChI is InChI=1S/C24H29N7O.3C2HF3O2/c1-2-3-8-27-18-4-5-22-21(12-18)30-24(32-22)20-11-16(13-28-23(20)25)17-14-29-31(15-17)19-6-9-26-10-7-19;3*3-2(4,5)1(6)7/h4-5,11-15,19,26-27H,2-3,6-10H2,1H3,(H2,25,28);3*(H,6,7). The van der Waals surface area contributed by atoms with E-state index >= 15 is 0 Å². The summed E-state index contributed by atoms with van der Waals surface area (Å²) in [7, 11) is 0. The SMILES string of the molecule is CCCCNc1ccc2oc(-c3cc(-c4cnn(C5CCNCC5)c4)cnc3N)nc2c1.O=C(O)C(F)(F)F.O=C(O)C(F)(F)F.O=C(O)C(F)(F)F. The molecular weight excluding hydrogens is 741 g/mol. The highest BCUT2D eigenvalue weighted by atomic mass is 19.4. The van der Waals surface area contributed by atoms with Crippen molar-refractivity contribution in [3.05, 3.63) is 42.9 Å². The molecule has 1 saturated heterocycles. The summed E-state index contributed by atoms with van der Waals surface area (Å²) in [4.78, 5) is 35.8. The molecule has 0 aliphatic carbocycles. The number of benzene rings is 1. The summed E-state index contributed by atoms with van der Waals surface area (Å²) in [6.45, 7) is 5.18. The van der Waals surface area contributed by atoms with Crippen molar-refractivity contribution in [2.24, 2.45) is 0 Å². The highest BCUT2D eigenvalue weighted by Crippen LogP contribution is 2.32. The fraction of sp³-hybridized carbons (Fsp3) is 0.400. The Morgan fingerprint density at radius 3 is 1.96 bits per heavy atom. The van der Waals surface area contributed by atoms with Gasteiger partial charge in [-0.1, -0.05) is 13.3 Å². The van der Waals surface area contributed by atoms with Gasteiger partial charge in [0.2, 0.25) is 5.89 Å². The third-order valence-electron chi connectivity index (χ3n) is 6.74. The minimum atomic E-state index is -5.08. The number of fused-ring (bicyclic) bond motifs is 1. The van der Waals surface area contributed by atoms with Gasteiger partial charge in [0, 0.05) is 35.8 Å². The molecular formula is C30H32F9N7O7. The number of hydrogen-bond donors (Lipinski definition) is 6. The Hall–Kier alpha value is -5.61. The smallest absolute Gasteiger partial charge is 0.475 e. The van der Waals surface area contributed by atoms with Crippen LogP contribution < -0.4 is 16.4 Å². The molecule has 53 heavy (non-hydrogen) atoms. The summed E-state index contributed by atoms with van der Waals surface area (Å²) in [5.74, 6) is -7.40. The number of hydrogen-bond acceptors (Lipinski definition) is 10. The number of carbonyl (C=O) groups is 3. The van der Waals surface area contributed by atoms with E-state index < -0.39 is 36.4 Å². The van der Waals surface area contributed by atoms with Crippen LogP contribution in [0, 0.1) is 0 Å². The van der Waals surface area contributed by atoms with Crippen molar-refractivity contribution in [2.75, 3.05) is 30.7 Å². The lowest BCUT2D eigenvalue weighted by Gasteiger charge is -2.22. The van der Waals surface area contributed by atoms with E-state index in [-0.39, 0.29) is 0 Å². The molecule has 14 nitrogen and oxygen atoms in total. The fourth-order valence-electron chi connectivity index (χ4n) is 4.12. The highest BCUT2D eigenvalue weighted by Gasteiger charge is 2.39. The Morgan fingerprint density at radius 1 is 0.906 bits per heavy atom. The molecule has 1 aliphatic rings. The van der Waals surface area contributed by atoms with Crippen molar-refractivity contribution in [3.63, 3.8) is 0 Å². The summed E-state index contributed by atoms with van der Waals surface area (Å²) in [6.07, 6.45) is -5.03. The van der Waals surface area contributed by atoms with Gasteiger partial charge in [-0.2, -0.15) is 44.6 Å². The van der Waals surface area contributed by atoms with Crippen LogP contribution in [0.2, 0.25) is 0 Å². The van der Waals surface area contributed by atoms with E-state index in [0.29, 0.717) is 23.3 Å². The highest BCUT2D eigenvalue weighted by molar-refractivity contribution is 5.83. The van der Waals surface area contributed by atoms with Gasteiger partial charge in [0.05, 0.1) is 17.8 Å². The van der Waals surface area contributed by atoms with Crippen molar-refractivity contribution in [1.82, 2.24) is 25.1 Å². The van der Waals surface area contributed by atoms with Gasteiger partial charge in [-0.05, 0) is 56.6 Å². The third-order valence-corrected chi connectivity index (χ3v) is 6.74. The van der Waals surface area contributed by atoms with Crippen LogP contribution in [0.15, 0.2) is 47.3 Å². The number of unbranched alkanes of at least 4 members (excludes halogenated alkanes) is 1. The van der Waals surface area contributed by atoms with Crippen molar-refractivity contribution < 1.29 is 73.6 Å². The Bertz CT molecular complexity index is 1760. The first kappa shape index (κ1) is 43.6. The molecule has 0 saturated carbocycles. The molecule has 0 atom stereocenters. The first-order valence-corrected chi connectivity index (χ1v) is 15.1. The maximum absolute atomic E-state index is 10.6. The Balaban J connectivity index is 0.000000379. The maximum Gasteiger partial charge on any atom is 0.490 e. The van der Waals surface area contributed by atoms with Gasteiger partial charge in [0.1, 0.15) is 11.3 Å². The van der Waals surface area contributed by atoms with Gasteiger partial charge in [-0.3, -0.25) is 4.68 Å². The largest absolute Gasteiger partial charge is 0.490 e. The average molecular weight is 774 g/mol. The Morgan fingerprint density at radius 2 is 1.45 bits per heavy atom. The molecule has 1 fully saturated rings. The number of nitrogen functional groups attached to an aromatic ring is 1. The van der Waals surface area contributed by atoms with Gasteiger partial charge in [-0.25, -0.2) is 24.4 Å². The maximum atomic E-state index is 10.6. The minimum Gasteiger partial charge on any atom is -0.475 e. The number of pyridine rings is 1. The second-order valence-corrected chi connectivity index (χ2v) is 10.7. The predicted octanol–water partition coefficient (Wildman–Crippen LogP) is 6.37. The normalized spacial score (nSPS) is 13.4. The zero-order valence-electron chi connectivity index (χ0n) is 27.3. The summed E-state index contributed by atoms with van der Waals surface area (Å²) in [5.41, 5.74) is 11.4. The number of nitrogens with zero attached hydrogens (tertiary/aromatic N) is 4. The van der Waals surface area contributed by atoms with Crippen LogP contribution in [0.1, 0.15) is 38.6 Å². The number of rotatable bonds is 7. The van der Waals surface area contributed by atoms with Gasteiger partial charge in [-0.15, -0.1) is 0 Å². The van der Waals surface area contributed by atoms with E-state index in [2.05, 4.69) is 38.5 Å². The van der Waals surface area contributed by atoms with Crippen molar-refractivity contribution in [1.29, 1.82) is 0 Å². The monoisotopic (exact) mass is 773 g/mol. The summed E-state index contributed by atoms with van der Waals surface area (Å²) < 4.78 is 103. The predicted molar refractivity (Wildman–Crippen MR) is 168 cm³/mol. The van der Waals surface area contributed by atoms with Crippen LogP contribution in [-0.2, 0) is 14.4 Å². The summed E-state index contributed by atoms with van der Waals surface area (Å²) in [5, 5.41) is 32.8. The van der Waals surface area contributed by atoms with Crippen molar-refractivity contribution >= 4 is 40.5 Å². The van der Waals surface area contributed by atoms with Crippen molar-refractivity contribution in [3.8, 4) is 22.6 Å². The zero-order chi connectivity index (χ0) is 40.1. The van der Waals surface area contributed by atoms with Crippen molar-refractivity contribution in [2.45, 2.75) is 57.2 Å². The molecule has 3 aromatic heterocycles. The van der Waals surface area contributed by atoms with E-state index in [9.17, 15) is 39.5 Å². The van der Waals surface area contributed by atoms with E-state index in [0.717, 1.165) is 73.2 Å². The molecule has 4 heterocycles. The molecule has 292 valence electrons. The Labute approximate surface area is 292 Å². The quantitative estimate of drug-likeness (QED) is 0.0890. The van der Waals surface area contributed by atoms with E-state index in [1.807, 2.05) is 30.5 Å². The molecule has 0 radical (unpaired) electrons. The number of anilines is 2. The molecule has 1 aliphatic heterocycles. The molecule has 0 unspecified atom stereocenters. The first-order chi connectivity index (χ1) is 24.5. The number of aromatic nitrogens is 4. The molecule has 7 N–H and O–H groups in total. The van der Waals surface area contributed by atoms with Crippen LogP contribution in [0.4, 0.5) is 51.0 Å². The molecule has 0 spiro atoms. The number of aliphatic carboxylic acids is 3. The number of oxazole rings is 1. The lowest BCUT2D eigenvalue weighted by atomic mass is 10.1. The number of carboxylic acid groups (broad SMARTS) is 3. The Kier molecular flexibility index (Phi) is 15.4. The third kappa shape index (κ3) is 14.1. The van der Waals surface area contributed by atoms with Crippen LogP contribution in [0.25, 0.3) is 33.7 Å². The molecule has 0 bridgehead atoms. The topological polar surface area (TPSA) is 219 Å². The summed E-state index contributed by atoms with van der Waals surface area (Å²) in [6, 6.07) is 8.38.